The normalized spacial score (nSPS) is 10.4. The zero-order valence-electron chi connectivity index (χ0n) is 9.09. The van der Waals surface area contributed by atoms with Crippen LogP contribution in [0.15, 0.2) is 36.4 Å². The fraction of sp³-hybridized carbons (Fsp3) is 0.0769. The van der Waals surface area contributed by atoms with Gasteiger partial charge in [0, 0.05) is 27.0 Å². The van der Waals surface area contributed by atoms with E-state index in [0.717, 1.165) is 5.56 Å². The number of rotatable bonds is 3. The molecule has 0 unspecified atom stereocenters. The first-order valence-corrected chi connectivity index (χ1v) is 7.33. The van der Waals surface area contributed by atoms with E-state index < -0.39 is 0 Å². The summed E-state index contributed by atoms with van der Waals surface area (Å²) in [5.41, 5.74) is 0.871. The molecule has 0 aliphatic rings. The molecule has 0 spiro atoms. The molecule has 0 aliphatic heterocycles. The summed E-state index contributed by atoms with van der Waals surface area (Å²) in [6, 6.07) is 10.5. The smallest absolute Gasteiger partial charge is 0.147 e. The third-order valence-electron chi connectivity index (χ3n) is 2.32. The predicted octanol–water partition coefficient (Wildman–Crippen LogP) is 6.33. The molecule has 5 heteroatoms. The second-order valence-corrected chi connectivity index (χ2v) is 5.34. The van der Waals surface area contributed by atoms with Crippen molar-refractivity contribution in [3.05, 3.63) is 57.0 Å². The SMILES string of the molecule is Clc1ccc(Cl)c(Oc2cccc(Cl)c2CBr)c1. The summed E-state index contributed by atoms with van der Waals surface area (Å²) in [7, 11) is 0. The molecule has 0 aromatic heterocycles. The molecule has 0 amide bonds. The molecule has 2 aromatic rings. The van der Waals surface area contributed by atoms with Gasteiger partial charge in [0.15, 0.2) is 0 Å². The van der Waals surface area contributed by atoms with Gasteiger partial charge in [0.05, 0.1) is 5.02 Å². The van der Waals surface area contributed by atoms with Crippen LogP contribution in [0, 0.1) is 0 Å². The zero-order chi connectivity index (χ0) is 13.1. The van der Waals surface area contributed by atoms with Crippen LogP contribution in [0.2, 0.25) is 15.1 Å². The topological polar surface area (TPSA) is 9.23 Å². The van der Waals surface area contributed by atoms with Gasteiger partial charge in [-0.15, -0.1) is 0 Å². The lowest BCUT2D eigenvalue weighted by molar-refractivity contribution is 0.479. The number of ether oxygens (including phenoxy) is 1. The van der Waals surface area contributed by atoms with E-state index in [1.165, 1.54) is 0 Å². The van der Waals surface area contributed by atoms with Gasteiger partial charge in [-0.2, -0.15) is 0 Å². The Morgan fingerprint density at radius 2 is 1.72 bits per heavy atom. The summed E-state index contributed by atoms with van der Waals surface area (Å²) < 4.78 is 5.76. The van der Waals surface area contributed by atoms with Crippen molar-refractivity contribution in [2.45, 2.75) is 5.33 Å². The third-order valence-corrected chi connectivity index (χ3v) is 3.78. The molecular formula is C13H8BrCl3O. The lowest BCUT2D eigenvalue weighted by atomic mass is 10.2. The van der Waals surface area contributed by atoms with Crippen molar-refractivity contribution in [2.24, 2.45) is 0 Å². The fourth-order valence-corrected chi connectivity index (χ4v) is 2.73. The Morgan fingerprint density at radius 1 is 0.944 bits per heavy atom. The number of hydrogen-bond acceptors (Lipinski definition) is 1. The quantitative estimate of drug-likeness (QED) is 0.576. The lowest BCUT2D eigenvalue weighted by Crippen LogP contribution is -1.91. The van der Waals surface area contributed by atoms with Crippen LogP contribution in [0.1, 0.15) is 5.56 Å². The minimum absolute atomic E-state index is 0.500. The van der Waals surface area contributed by atoms with Crippen LogP contribution in [0.4, 0.5) is 0 Å². The van der Waals surface area contributed by atoms with Crippen molar-refractivity contribution < 1.29 is 4.74 Å². The Hall–Kier alpha value is -0.410. The highest BCUT2D eigenvalue weighted by atomic mass is 79.9. The van der Waals surface area contributed by atoms with Gasteiger partial charge < -0.3 is 4.74 Å². The van der Waals surface area contributed by atoms with Crippen molar-refractivity contribution in [3.63, 3.8) is 0 Å². The van der Waals surface area contributed by atoms with E-state index in [4.69, 9.17) is 39.5 Å². The van der Waals surface area contributed by atoms with Gasteiger partial charge in [0.1, 0.15) is 11.5 Å². The summed E-state index contributed by atoms with van der Waals surface area (Å²) in [5, 5.41) is 2.31. The molecule has 18 heavy (non-hydrogen) atoms. The van der Waals surface area contributed by atoms with Crippen LogP contribution in [-0.2, 0) is 5.33 Å². The maximum absolute atomic E-state index is 6.10. The van der Waals surface area contributed by atoms with Gasteiger partial charge in [-0.1, -0.05) is 56.8 Å². The highest BCUT2D eigenvalue weighted by Gasteiger charge is 2.10. The summed E-state index contributed by atoms with van der Waals surface area (Å²) in [5.74, 6) is 1.16. The van der Waals surface area contributed by atoms with Crippen LogP contribution >= 0.6 is 50.7 Å². The lowest BCUT2D eigenvalue weighted by Gasteiger charge is -2.12. The minimum atomic E-state index is 0.500. The second-order valence-electron chi connectivity index (χ2n) is 3.53. The van der Waals surface area contributed by atoms with E-state index in [2.05, 4.69) is 15.9 Å². The van der Waals surface area contributed by atoms with Gasteiger partial charge in [-0.05, 0) is 24.3 Å². The number of alkyl halides is 1. The van der Waals surface area contributed by atoms with Crippen molar-refractivity contribution in [1.29, 1.82) is 0 Å². The maximum atomic E-state index is 6.10. The Bertz CT molecular complexity index is 572. The van der Waals surface area contributed by atoms with E-state index in [-0.39, 0.29) is 0 Å². The summed E-state index contributed by atoms with van der Waals surface area (Å²) in [4.78, 5) is 0. The molecule has 1 nitrogen and oxygen atoms in total. The molecule has 0 aliphatic carbocycles. The van der Waals surface area contributed by atoms with Crippen LogP contribution in [0.3, 0.4) is 0 Å². The molecule has 0 fully saturated rings. The molecule has 0 atom stereocenters. The first kappa shape index (κ1) is 14.0. The Balaban J connectivity index is 2.40. The van der Waals surface area contributed by atoms with Crippen molar-refractivity contribution in [1.82, 2.24) is 0 Å². The average Bonchev–Trinajstić information content (AvgIpc) is 2.34. The predicted molar refractivity (Wildman–Crippen MR) is 80.6 cm³/mol. The van der Waals surface area contributed by atoms with Gasteiger partial charge in [-0.25, -0.2) is 0 Å². The average molecular weight is 366 g/mol. The second kappa shape index (κ2) is 6.16. The fourth-order valence-electron chi connectivity index (χ4n) is 1.44. The van der Waals surface area contributed by atoms with E-state index in [1.54, 1.807) is 18.2 Å². The van der Waals surface area contributed by atoms with E-state index in [0.29, 0.717) is 31.9 Å². The number of benzene rings is 2. The van der Waals surface area contributed by atoms with Crippen LogP contribution < -0.4 is 4.74 Å². The van der Waals surface area contributed by atoms with Gasteiger partial charge >= 0.3 is 0 Å². The molecule has 0 saturated heterocycles. The molecule has 0 N–H and O–H groups in total. The molecule has 0 heterocycles. The summed E-state index contributed by atoms with van der Waals surface area (Å²) in [6.45, 7) is 0. The Morgan fingerprint density at radius 3 is 2.44 bits per heavy atom. The van der Waals surface area contributed by atoms with Gasteiger partial charge in [0.2, 0.25) is 0 Å². The highest BCUT2D eigenvalue weighted by Crippen LogP contribution is 2.36. The molecule has 2 rings (SSSR count). The summed E-state index contributed by atoms with van der Waals surface area (Å²) in [6.07, 6.45) is 0. The largest absolute Gasteiger partial charge is 0.455 e. The monoisotopic (exact) mass is 364 g/mol. The van der Waals surface area contributed by atoms with E-state index in [1.807, 2.05) is 18.2 Å². The van der Waals surface area contributed by atoms with Gasteiger partial charge in [-0.3, -0.25) is 0 Å². The first-order chi connectivity index (χ1) is 8.61. The number of hydrogen-bond donors (Lipinski definition) is 0. The summed E-state index contributed by atoms with van der Waals surface area (Å²) >= 11 is 21.4. The van der Waals surface area contributed by atoms with E-state index in [9.17, 15) is 0 Å². The Kier molecular flexibility index (Phi) is 4.79. The van der Waals surface area contributed by atoms with Crippen molar-refractivity contribution >= 4 is 50.7 Å². The van der Waals surface area contributed by atoms with Crippen LogP contribution in [0.25, 0.3) is 0 Å². The zero-order valence-corrected chi connectivity index (χ0v) is 12.9. The molecule has 0 radical (unpaired) electrons. The molecule has 0 bridgehead atoms. The minimum Gasteiger partial charge on any atom is -0.455 e. The van der Waals surface area contributed by atoms with Crippen molar-refractivity contribution in [3.8, 4) is 11.5 Å². The molecule has 0 saturated carbocycles. The van der Waals surface area contributed by atoms with Crippen molar-refractivity contribution in [2.75, 3.05) is 0 Å². The van der Waals surface area contributed by atoms with Gasteiger partial charge in [0.25, 0.3) is 0 Å². The maximum Gasteiger partial charge on any atom is 0.147 e. The molecular weight excluding hydrogens is 358 g/mol. The van der Waals surface area contributed by atoms with Crippen LogP contribution in [0.5, 0.6) is 11.5 Å². The molecule has 2 aromatic carbocycles. The molecule has 94 valence electrons. The third kappa shape index (κ3) is 3.12. The first-order valence-electron chi connectivity index (χ1n) is 5.08. The Labute approximate surface area is 129 Å². The van der Waals surface area contributed by atoms with Crippen LogP contribution in [-0.4, -0.2) is 0 Å². The van der Waals surface area contributed by atoms with E-state index >= 15 is 0 Å². The number of halogens is 4. The highest BCUT2D eigenvalue weighted by molar-refractivity contribution is 9.08. The standard InChI is InChI=1S/C13H8BrCl3O/c14-7-9-10(16)2-1-3-12(9)18-13-6-8(15)4-5-11(13)17/h1-6H,7H2.